The van der Waals surface area contributed by atoms with Crippen LogP contribution in [0.1, 0.15) is 20.3 Å². The molecule has 0 aliphatic carbocycles. The van der Waals surface area contributed by atoms with E-state index in [1.54, 1.807) is 6.20 Å². The lowest BCUT2D eigenvalue weighted by Gasteiger charge is -1.86. The predicted molar refractivity (Wildman–Crippen MR) is 37.4 cm³/mol. The molecule has 0 radical (unpaired) electrons. The zero-order valence-corrected chi connectivity index (χ0v) is 5.52. The summed E-state index contributed by atoms with van der Waals surface area (Å²) in [7, 11) is 0. The molecule has 8 heavy (non-hydrogen) atoms. The molecule has 0 amide bonds. The molecule has 0 aliphatic heterocycles. The smallest absolute Gasteiger partial charge is 0.00624 e. The Kier molecular flexibility index (Phi) is 4.04. The van der Waals surface area contributed by atoms with Gasteiger partial charge in [-0.15, -0.1) is 0 Å². The largest absolute Gasteiger partial charge is 0.405 e. The molecule has 0 unspecified atom stereocenters. The average Bonchev–Trinajstić information content (AvgIpc) is 1.83. The minimum Gasteiger partial charge on any atom is -0.405 e. The fourth-order valence-electron chi connectivity index (χ4n) is 0.338. The second kappa shape index (κ2) is 4.44. The zero-order valence-electron chi connectivity index (χ0n) is 5.52. The average molecular weight is 111 g/mol. The monoisotopic (exact) mass is 111 g/mol. The van der Waals surface area contributed by atoms with Gasteiger partial charge in [0.1, 0.15) is 0 Å². The van der Waals surface area contributed by atoms with Crippen LogP contribution in [0.3, 0.4) is 0 Å². The molecule has 0 aliphatic rings. The Labute approximate surface area is 50.9 Å². The first-order chi connectivity index (χ1) is 3.81. The maximum absolute atomic E-state index is 5.11. The summed E-state index contributed by atoms with van der Waals surface area (Å²) in [5, 5.41) is 0. The third-order valence-corrected chi connectivity index (χ3v) is 1.05. The Hall–Kier alpha value is -0.720. The molecule has 1 heteroatoms. The topological polar surface area (TPSA) is 26.0 Å². The van der Waals surface area contributed by atoms with Crippen LogP contribution in [-0.2, 0) is 0 Å². The second-order valence-corrected chi connectivity index (χ2v) is 1.75. The van der Waals surface area contributed by atoms with Gasteiger partial charge in [-0.3, -0.25) is 0 Å². The molecule has 0 saturated heterocycles. The van der Waals surface area contributed by atoms with Crippen LogP contribution < -0.4 is 5.73 Å². The maximum atomic E-state index is 5.11. The first kappa shape index (κ1) is 7.28. The van der Waals surface area contributed by atoms with Crippen molar-refractivity contribution in [3.63, 3.8) is 0 Å². The van der Waals surface area contributed by atoms with Crippen LogP contribution in [-0.4, -0.2) is 0 Å². The summed E-state index contributed by atoms with van der Waals surface area (Å²) in [6, 6.07) is 0. The van der Waals surface area contributed by atoms with Crippen molar-refractivity contribution in [3.05, 3.63) is 23.9 Å². The molecule has 0 aromatic rings. The van der Waals surface area contributed by atoms with Crippen LogP contribution in [0.2, 0.25) is 0 Å². The molecule has 0 spiro atoms. The van der Waals surface area contributed by atoms with Gasteiger partial charge in [0.05, 0.1) is 0 Å². The minimum atomic E-state index is 1.10. The van der Waals surface area contributed by atoms with Gasteiger partial charge >= 0.3 is 0 Å². The highest BCUT2D eigenvalue weighted by Crippen LogP contribution is 1.96. The van der Waals surface area contributed by atoms with Crippen molar-refractivity contribution >= 4 is 0 Å². The molecule has 0 saturated carbocycles. The first-order valence-electron chi connectivity index (χ1n) is 2.85. The van der Waals surface area contributed by atoms with Crippen LogP contribution in [0.4, 0.5) is 0 Å². The number of hydrogen-bond donors (Lipinski definition) is 1. The summed E-state index contributed by atoms with van der Waals surface area (Å²) in [6.07, 6.45) is 6.50. The molecule has 2 N–H and O–H groups in total. The maximum Gasteiger partial charge on any atom is -0.00624 e. The molecule has 0 fully saturated rings. The van der Waals surface area contributed by atoms with E-state index in [0.717, 1.165) is 6.42 Å². The van der Waals surface area contributed by atoms with E-state index in [4.69, 9.17) is 5.73 Å². The summed E-state index contributed by atoms with van der Waals surface area (Å²) in [6.45, 7) is 4.20. The van der Waals surface area contributed by atoms with E-state index in [1.165, 1.54) is 5.57 Å². The quantitative estimate of drug-likeness (QED) is 0.540. The standard InChI is InChI=1S/C7H13N/c1-3-7(2)5-4-6-8/h4-6H,3,8H2,1-2H3/b6-4-,7-5-. The Morgan fingerprint density at radius 2 is 2.25 bits per heavy atom. The molecular formula is C7H13N. The van der Waals surface area contributed by atoms with Gasteiger partial charge in [-0.05, 0) is 25.6 Å². The Bertz CT molecular complexity index is 101. The number of allylic oxidation sites excluding steroid dienone is 3. The van der Waals surface area contributed by atoms with Gasteiger partial charge in [-0.25, -0.2) is 0 Å². The van der Waals surface area contributed by atoms with Crippen molar-refractivity contribution < 1.29 is 0 Å². The summed E-state index contributed by atoms with van der Waals surface area (Å²) in [5.41, 5.74) is 6.46. The van der Waals surface area contributed by atoms with Crippen LogP contribution in [0.25, 0.3) is 0 Å². The van der Waals surface area contributed by atoms with Crippen LogP contribution in [0.5, 0.6) is 0 Å². The number of hydrogen-bond acceptors (Lipinski definition) is 1. The molecule has 0 heterocycles. The predicted octanol–water partition coefficient (Wildman–Crippen LogP) is 1.82. The number of nitrogens with two attached hydrogens (primary N) is 1. The third kappa shape index (κ3) is 3.47. The molecular weight excluding hydrogens is 98.1 g/mol. The van der Waals surface area contributed by atoms with Gasteiger partial charge in [0, 0.05) is 0 Å². The molecule has 0 aromatic heterocycles. The van der Waals surface area contributed by atoms with Gasteiger partial charge in [0.25, 0.3) is 0 Å². The molecule has 0 rings (SSSR count). The van der Waals surface area contributed by atoms with E-state index in [1.807, 2.05) is 12.2 Å². The molecule has 46 valence electrons. The van der Waals surface area contributed by atoms with Crippen molar-refractivity contribution in [2.24, 2.45) is 5.73 Å². The second-order valence-electron chi connectivity index (χ2n) is 1.75. The Morgan fingerprint density at radius 1 is 1.62 bits per heavy atom. The molecule has 0 aromatic carbocycles. The fourth-order valence-corrected chi connectivity index (χ4v) is 0.338. The van der Waals surface area contributed by atoms with Gasteiger partial charge in [-0.2, -0.15) is 0 Å². The van der Waals surface area contributed by atoms with E-state index >= 15 is 0 Å². The highest BCUT2D eigenvalue weighted by Gasteiger charge is 1.75. The van der Waals surface area contributed by atoms with Crippen molar-refractivity contribution in [3.8, 4) is 0 Å². The first-order valence-corrected chi connectivity index (χ1v) is 2.85. The summed E-state index contributed by atoms with van der Waals surface area (Å²) >= 11 is 0. The summed E-state index contributed by atoms with van der Waals surface area (Å²) < 4.78 is 0. The lowest BCUT2D eigenvalue weighted by Crippen LogP contribution is -1.74. The van der Waals surface area contributed by atoms with Crippen LogP contribution >= 0.6 is 0 Å². The van der Waals surface area contributed by atoms with E-state index in [2.05, 4.69) is 13.8 Å². The van der Waals surface area contributed by atoms with E-state index in [0.29, 0.717) is 0 Å². The number of rotatable bonds is 2. The molecule has 1 nitrogen and oxygen atoms in total. The summed E-state index contributed by atoms with van der Waals surface area (Å²) in [5.74, 6) is 0. The lowest BCUT2D eigenvalue weighted by molar-refractivity contribution is 1.10. The normalized spacial score (nSPS) is 13.0. The Balaban J connectivity index is 3.57. The highest BCUT2D eigenvalue weighted by atomic mass is 14.5. The van der Waals surface area contributed by atoms with Crippen molar-refractivity contribution in [1.29, 1.82) is 0 Å². The van der Waals surface area contributed by atoms with Gasteiger partial charge < -0.3 is 5.73 Å². The van der Waals surface area contributed by atoms with E-state index in [9.17, 15) is 0 Å². The van der Waals surface area contributed by atoms with E-state index in [-0.39, 0.29) is 0 Å². The van der Waals surface area contributed by atoms with Crippen LogP contribution in [0.15, 0.2) is 23.9 Å². The Morgan fingerprint density at radius 3 is 2.62 bits per heavy atom. The minimum absolute atomic E-state index is 1.10. The third-order valence-electron chi connectivity index (χ3n) is 1.05. The van der Waals surface area contributed by atoms with Gasteiger partial charge in [0.2, 0.25) is 0 Å². The fraction of sp³-hybridized carbons (Fsp3) is 0.429. The lowest BCUT2D eigenvalue weighted by atomic mass is 10.2. The van der Waals surface area contributed by atoms with Crippen molar-refractivity contribution in [1.82, 2.24) is 0 Å². The molecule has 0 bridgehead atoms. The summed E-state index contributed by atoms with van der Waals surface area (Å²) in [4.78, 5) is 0. The zero-order chi connectivity index (χ0) is 6.41. The highest BCUT2D eigenvalue weighted by molar-refractivity contribution is 5.08. The van der Waals surface area contributed by atoms with Crippen molar-refractivity contribution in [2.75, 3.05) is 0 Å². The van der Waals surface area contributed by atoms with Gasteiger partial charge in [-0.1, -0.05) is 18.6 Å². The van der Waals surface area contributed by atoms with Crippen molar-refractivity contribution in [2.45, 2.75) is 20.3 Å². The molecule has 0 atom stereocenters. The van der Waals surface area contributed by atoms with Crippen LogP contribution in [0, 0.1) is 0 Å². The van der Waals surface area contributed by atoms with E-state index < -0.39 is 0 Å². The van der Waals surface area contributed by atoms with Gasteiger partial charge in [0.15, 0.2) is 0 Å². The SMILES string of the molecule is CC/C(C)=C\C=C/N.